The molecule has 0 saturated heterocycles. The molecule has 0 N–H and O–H groups in total. The van der Waals surface area contributed by atoms with Gasteiger partial charge in [-0.2, -0.15) is 0 Å². The lowest BCUT2D eigenvalue weighted by molar-refractivity contribution is 0.0779. The average molecular weight is 295 g/mol. The highest BCUT2D eigenvalue weighted by atomic mass is 35.5. The van der Waals surface area contributed by atoms with Crippen molar-refractivity contribution in [2.24, 2.45) is 0 Å². The van der Waals surface area contributed by atoms with Gasteiger partial charge in [-0.25, -0.2) is 0 Å². The third-order valence-electron chi connectivity index (χ3n) is 2.82. The van der Waals surface area contributed by atoms with Crippen LogP contribution in [0.5, 0.6) is 5.75 Å². The van der Waals surface area contributed by atoms with Crippen molar-refractivity contribution in [1.82, 2.24) is 10.1 Å². The van der Waals surface area contributed by atoms with E-state index in [-0.39, 0.29) is 5.91 Å². The normalized spacial score (nSPS) is 10.4. The number of carbonyl (C=O) groups excluding carboxylic acids is 1. The van der Waals surface area contributed by atoms with E-state index in [1.807, 2.05) is 0 Å². The lowest BCUT2D eigenvalue weighted by Crippen LogP contribution is -2.26. The van der Waals surface area contributed by atoms with Gasteiger partial charge < -0.3 is 14.2 Å². The molecule has 1 amide bonds. The largest absolute Gasteiger partial charge is 0.496 e. The third-order valence-corrected chi connectivity index (χ3v) is 3.05. The van der Waals surface area contributed by atoms with E-state index in [1.165, 1.54) is 7.11 Å². The van der Waals surface area contributed by atoms with Gasteiger partial charge in [0.1, 0.15) is 17.2 Å². The van der Waals surface area contributed by atoms with Crippen LogP contribution in [-0.4, -0.2) is 30.1 Å². The number of aryl methyl sites for hydroxylation is 1. The molecule has 0 radical (unpaired) electrons. The van der Waals surface area contributed by atoms with Crippen molar-refractivity contribution in [2.75, 3.05) is 14.2 Å². The molecule has 0 unspecified atom stereocenters. The summed E-state index contributed by atoms with van der Waals surface area (Å²) in [7, 11) is 3.20. The van der Waals surface area contributed by atoms with E-state index in [4.69, 9.17) is 20.9 Å². The first-order valence-corrected chi connectivity index (χ1v) is 6.40. The molecule has 6 heteroatoms. The molecule has 0 spiro atoms. The molecule has 2 rings (SSSR count). The van der Waals surface area contributed by atoms with Crippen LogP contribution in [0.2, 0.25) is 5.02 Å². The summed E-state index contributed by atoms with van der Waals surface area (Å²) in [5.74, 6) is 0.995. The van der Waals surface area contributed by atoms with Gasteiger partial charge in [-0.15, -0.1) is 0 Å². The Kier molecular flexibility index (Phi) is 4.29. The topological polar surface area (TPSA) is 55.6 Å². The number of amides is 1. The summed E-state index contributed by atoms with van der Waals surface area (Å²) in [4.78, 5) is 13.9. The van der Waals surface area contributed by atoms with Crippen LogP contribution in [0.25, 0.3) is 0 Å². The van der Waals surface area contributed by atoms with Gasteiger partial charge in [0.15, 0.2) is 0 Å². The van der Waals surface area contributed by atoms with Gasteiger partial charge in [-0.1, -0.05) is 16.8 Å². The van der Waals surface area contributed by atoms with Gasteiger partial charge >= 0.3 is 0 Å². The fraction of sp³-hybridized carbons (Fsp3) is 0.286. The third kappa shape index (κ3) is 3.11. The molecule has 106 valence electrons. The highest BCUT2D eigenvalue weighted by Gasteiger charge is 2.18. The summed E-state index contributed by atoms with van der Waals surface area (Å²) in [5, 5.41) is 4.39. The number of hydrogen-bond acceptors (Lipinski definition) is 4. The fourth-order valence-electron chi connectivity index (χ4n) is 1.85. The Morgan fingerprint density at radius 1 is 1.45 bits per heavy atom. The van der Waals surface area contributed by atoms with Crippen molar-refractivity contribution in [3.63, 3.8) is 0 Å². The number of benzene rings is 1. The standard InChI is InChI=1S/C14H15ClN2O3/c1-9-6-11(16-20-9)8-17(2)14(18)12-5-4-10(15)7-13(12)19-3/h4-7H,8H2,1-3H3. The fourth-order valence-corrected chi connectivity index (χ4v) is 2.02. The van der Waals surface area contributed by atoms with E-state index in [0.717, 1.165) is 0 Å². The van der Waals surface area contributed by atoms with Crippen molar-refractivity contribution in [1.29, 1.82) is 0 Å². The van der Waals surface area contributed by atoms with Crippen LogP contribution in [0, 0.1) is 6.92 Å². The Balaban J connectivity index is 2.18. The molecule has 0 saturated carbocycles. The maximum absolute atomic E-state index is 12.4. The maximum Gasteiger partial charge on any atom is 0.257 e. The van der Waals surface area contributed by atoms with Crippen molar-refractivity contribution in [3.05, 3.63) is 46.3 Å². The molecule has 0 aliphatic heterocycles. The monoisotopic (exact) mass is 294 g/mol. The van der Waals surface area contributed by atoms with Crippen LogP contribution >= 0.6 is 11.6 Å². The minimum absolute atomic E-state index is 0.167. The first kappa shape index (κ1) is 14.4. The zero-order valence-electron chi connectivity index (χ0n) is 11.5. The van der Waals surface area contributed by atoms with E-state index in [0.29, 0.717) is 34.3 Å². The molecule has 0 bridgehead atoms. The molecule has 0 aliphatic rings. The first-order valence-electron chi connectivity index (χ1n) is 6.02. The second kappa shape index (κ2) is 5.96. The van der Waals surface area contributed by atoms with Crippen LogP contribution in [0.1, 0.15) is 21.8 Å². The summed E-state index contributed by atoms with van der Waals surface area (Å²) in [6.07, 6.45) is 0. The summed E-state index contributed by atoms with van der Waals surface area (Å²) < 4.78 is 10.2. The smallest absolute Gasteiger partial charge is 0.257 e. The zero-order valence-corrected chi connectivity index (χ0v) is 12.3. The maximum atomic E-state index is 12.4. The molecule has 20 heavy (non-hydrogen) atoms. The zero-order chi connectivity index (χ0) is 14.7. The van der Waals surface area contributed by atoms with Crippen molar-refractivity contribution in [2.45, 2.75) is 13.5 Å². The molecule has 1 heterocycles. The molecule has 5 nitrogen and oxygen atoms in total. The minimum Gasteiger partial charge on any atom is -0.496 e. The Hall–Kier alpha value is -2.01. The number of nitrogens with zero attached hydrogens (tertiary/aromatic N) is 2. The van der Waals surface area contributed by atoms with Gasteiger partial charge in [0.2, 0.25) is 0 Å². The highest BCUT2D eigenvalue weighted by molar-refractivity contribution is 6.30. The number of hydrogen-bond donors (Lipinski definition) is 0. The van der Waals surface area contributed by atoms with Crippen LogP contribution in [0.3, 0.4) is 0 Å². The highest BCUT2D eigenvalue weighted by Crippen LogP contribution is 2.24. The van der Waals surface area contributed by atoms with E-state index >= 15 is 0 Å². The predicted octanol–water partition coefficient (Wildman–Crippen LogP) is 2.92. The summed E-state index contributed by atoms with van der Waals surface area (Å²) >= 11 is 5.89. The van der Waals surface area contributed by atoms with E-state index < -0.39 is 0 Å². The van der Waals surface area contributed by atoms with Crippen molar-refractivity contribution in [3.8, 4) is 5.75 Å². The van der Waals surface area contributed by atoms with Crippen LogP contribution in [0.4, 0.5) is 0 Å². The van der Waals surface area contributed by atoms with Crippen molar-refractivity contribution < 1.29 is 14.1 Å². The lowest BCUT2D eigenvalue weighted by atomic mass is 10.1. The number of aromatic nitrogens is 1. The number of ether oxygens (including phenoxy) is 1. The Morgan fingerprint density at radius 2 is 2.20 bits per heavy atom. The Bertz CT molecular complexity index is 625. The lowest BCUT2D eigenvalue weighted by Gasteiger charge is -2.17. The molecule has 0 fully saturated rings. The van der Waals surface area contributed by atoms with Gasteiger partial charge in [-0.3, -0.25) is 4.79 Å². The summed E-state index contributed by atoms with van der Waals surface area (Å²) in [6, 6.07) is 6.71. The number of methoxy groups -OCH3 is 1. The summed E-state index contributed by atoms with van der Waals surface area (Å²) in [6.45, 7) is 2.17. The second-order valence-corrected chi connectivity index (χ2v) is 4.87. The number of halogens is 1. The van der Waals surface area contributed by atoms with Crippen LogP contribution < -0.4 is 4.74 Å². The Morgan fingerprint density at radius 3 is 2.80 bits per heavy atom. The SMILES string of the molecule is COc1cc(Cl)ccc1C(=O)N(C)Cc1cc(C)on1. The van der Waals surface area contributed by atoms with E-state index in [1.54, 1.807) is 43.1 Å². The summed E-state index contributed by atoms with van der Waals surface area (Å²) in [5.41, 5.74) is 1.16. The molecule has 1 aromatic heterocycles. The van der Waals surface area contributed by atoms with Gasteiger partial charge in [-0.05, 0) is 25.1 Å². The predicted molar refractivity (Wildman–Crippen MR) is 75.0 cm³/mol. The molecular weight excluding hydrogens is 280 g/mol. The molecule has 2 aromatic rings. The van der Waals surface area contributed by atoms with Gasteiger partial charge in [0.25, 0.3) is 5.91 Å². The first-order chi connectivity index (χ1) is 9.51. The average Bonchev–Trinajstić information content (AvgIpc) is 2.83. The number of rotatable bonds is 4. The quantitative estimate of drug-likeness (QED) is 0.870. The minimum atomic E-state index is -0.167. The van der Waals surface area contributed by atoms with Gasteiger partial charge in [0, 0.05) is 18.1 Å². The van der Waals surface area contributed by atoms with Gasteiger partial charge in [0.05, 0.1) is 19.2 Å². The molecular formula is C14H15ClN2O3. The van der Waals surface area contributed by atoms with Crippen LogP contribution in [0.15, 0.2) is 28.8 Å². The van der Waals surface area contributed by atoms with E-state index in [9.17, 15) is 4.79 Å². The Labute approximate surface area is 122 Å². The number of carbonyl (C=O) groups is 1. The molecule has 0 atom stereocenters. The molecule has 1 aromatic carbocycles. The van der Waals surface area contributed by atoms with E-state index in [2.05, 4.69) is 5.16 Å². The van der Waals surface area contributed by atoms with Crippen LogP contribution in [-0.2, 0) is 6.54 Å². The second-order valence-electron chi connectivity index (χ2n) is 4.43. The molecule has 0 aliphatic carbocycles. The van der Waals surface area contributed by atoms with Crippen molar-refractivity contribution >= 4 is 17.5 Å².